The smallest absolute Gasteiger partial charge is 0.338 e. The molecule has 8 nitrogen and oxygen atoms in total. The van der Waals surface area contributed by atoms with Crippen molar-refractivity contribution in [3.05, 3.63) is 59.7 Å². The Labute approximate surface area is 219 Å². The van der Waals surface area contributed by atoms with Crippen LogP contribution in [0.15, 0.2) is 47.4 Å². The van der Waals surface area contributed by atoms with E-state index in [2.05, 4.69) is 14.9 Å². The first kappa shape index (κ1) is 28.4. The van der Waals surface area contributed by atoms with Gasteiger partial charge in [0.1, 0.15) is 12.4 Å². The predicted octanol–water partition coefficient (Wildman–Crippen LogP) is 3.70. The van der Waals surface area contributed by atoms with Crippen molar-refractivity contribution in [1.29, 1.82) is 0 Å². The minimum Gasteiger partial charge on any atom is -0.478 e. The Bertz CT molecular complexity index is 1110. The van der Waals surface area contributed by atoms with Crippen molar-refractivity contribution >= 4 is 29.7 Å². The standard InChI is InChI=1S/C26H31F2N3O5S/c1-17(32)29-12-15-35-24(33)18-4-7-21(8-5-18)37-31-13-10-19(11-14-31)30-25(34)26(2,3)36-20-6-9-22(27)23(28)16-20/h4-9,16,19H,10-15H2,1-3H3,(H,29,32)(H,30,34). The molecule has 1 aliphatic rings. The molecular weight excluding hydrogens is 504 g/mol. The third kappa shape index (κ3) is 8.71. The van der Waals surface area contributed by atoms with Crippen LogP contribution in [0.1, 0.15) is 44.0 Å². The second kappa shape index (κ2) is 12.9. The van der Waals surface area contributed by atoms with Crippen molar-refractivity contribution in [2.45, 2.75) is 50.2 Å². The summed E-state index contributed by atoms with van der Waals surface area (Å²) in [5, 5.41) is 5.56. The molecule has 3 rings (SSSR count). The van der Waals surface area contributed by atoms with E-state index < -0.39 is 23.2 Å². The van der Waals surface area contributed by atoms with Crippen LogP contribution in [0.5, 0.6) is 5.75 Å². The summed E-state index contributed by atoms with van der Waals surface area (Å²) >= 11 is 1.57. The van der Waals surface area contributed by atoms with E-state index in [-0.39, 0.29) is 36.8 Å². The number of halogens is 2. The highest BCUT2D eigenvalue weighted by Crippen LogP contribution is 2.27. The lowest BCUT2D eigenvalue weighted by Crippen LogP contribution is -2.52. The zero-order valence-corrected chi connectivity index (χ0v) is 21.8. The van der Waals surface area contributed by atoms with Gasteiger partial charge < -0.3 is 20.1 Å². The average molecular weight is 536 g/mol. The fourth-order valence-electron chi connectivity index (χ4n) is 3.59. The molecule has 1 saturated heterocycles. The van der Waals surface area contributed by atoms with Crippen molar-refractivity contribution in [2.75, 3.05) is 26.2 Å². The van der Waals surface area contributed by atoms with E-state index in [9.17, 15) is 23.2 Å². The first-order chi connectivity index (χ1) is 17.5. The lowest BCUT2D eigenvalue weighted by molar-refractivity contribution is -0.135. The quantitative estimate of drug-likeness (QED) is 0.272. The number of benzene rings is 2. The summed E-state index contributed by atoms with van der Waals surface area (Å²) < 4.78 is 39.5. The molecule has 0 bridgehead atoms. The fraction of sp³-hybridized carbons (Fsp3) is 0.423. The Morgan fingerprint density at radius 2 is 1.73 bits per heavy atom. The lowest BCUT2D eigenvalue weighted by atomic mass is 10.0. The van der Waals surface area contributed by atoms with E-state index >= 15 is 0 Å². The Kier molecular flexibility index (Phi) is 9.87. The van der Waals surface area contributed by atoms with Gasteiger partial charge in [-0.05, 0) is 75.0 Å². The molecule has 0 spiro atoms. The van der Waals surface area contributed by atoms with Crippen LogP contribution in [0.25, 0.3) is 0 Å². The fourth-order valence-corrected chi connectivity index (χ4v) is 4.54. The van der Waals surface area contributed by atoms with E-state index in [0.29, 0.717) is 5.56 Å². The molecule has 0 radical (unpaired) electrons. The molecule has 2 aromatic rings. The summed E-state index contributed by atoms with van der Waals surface area (Å²) in [7, 11) is 0. The van der Waals surface area contributed by atoms with E-state index in [1.807, 2.05) is 12.1 Å². The van der Waals surface area contributed by atoms with Crippen LogP contribution in [0.2, 0.25) is 0 Å². The molecule has 0 saturated carbocycles. The predicted molar refractivity (Wildman–Crippen MR) is 135 cm³/mol. The number of carbonyl (C=O) groups is 3. The van der Waals surface area contributed by atoms with Gasteiger partial charge in [0.25, 0.3) is 5.91 Å². The second-order valence-corrected chi connectivity index (χ2v) is 10.3. The van der Waals surface area contributed by atoms with E-state index in [4.69, 9.17) is 9.47 Å². The number of esters is 1. The zero-order valence-electron chi connectivity index (χ0n) is 21.0. The van der Waals surface area contributed by atoms with E-state index in [1.54, 1.807) is 37.9 Å². The lowest BCUT2D eigenvalue weighted by Gasteiger charge is -2.33. The molecule has 11 heteroatoms. The number of nitrogens with one attached hydrogen (secondary N) is 2. The van der Waals surface area contributed by atoms with Crippen LogP contribution >= 0.6 is 11.9 Å². The van der Waals surface area contributed by atoms with Gasteiger partial charge >= 0.3 is 5.97 Å². The largest absolute Gasteiger partial charge is 0.478 e. The van der Waals surface area contributed by atoms with E-state index in [1.165, 1.54) is 13.0 Å². The van der Waals surface area contributed by atoms with Gasteiger partial charge in [-0.1, -0.05) is 0 Å². The zero-order chi connectivity index (χ0) is 27.0. The monoisotopic (exact) mass is 535 g/mol. The minimum atomic E-state index is -1.26. The molecule has 200 valence electrons. The highest BCUT2D eigenvalue weighted by atomic mass is 32.2. The second-order valence-electron chi connectivity index (χ2n) is 9.10. The molecule has 0 unspecified atom stereocenters. The number of ether oxygens (including phenoxy) is 2. The molecular formula is C26H31F2N3O5S. The first-order valence-electron chi connectivity index (χ1n) is 11.9. The molecule has 2 amide bonds. The number of amides is 2. The maximum atomic E-state index is 13.5. The Morgan fingerprint density at radius 1 is 1.05 bits per heavy atom. The van der Waals surface area contributed by atoms with Gasteiger partial charge in [0.2, 0.25) is 5.91 Å². The van der Waals surface area contributed by atoms with Gasteiger partial charge in [0, 0.05) is 37.0 Å². The van der Waals surface area contributed by atoms with Crippen molar-refractivity contribution in [2.24, 2.45) is 0 Å². The summed E-state index contributed by atoms with van der Waals surface area (Å²) in [5.74, 6) is -2.89. The molecule has 2 N–H and O–H groups in total. The molecule has 0 atom stereocenters. The van der Waals surface area contributed by atoms with E-state index in [0.717, 1.165) is 43.0 Å². The Hall–Kier alpha value is -3.18. The molecule has 1 fully saturated rings. The van der Waals surface area contributed by atoms with Crippen LogP contribution in [0, 0.1) is 11.6 Å². The third-order valence-corrected chi connectivity index (χ3v) is 6.74. The Morgan fingerprint density at radius 3 is 2.35 bits per heavy atom. The minimum absolute atomic E-state index is 0.0354. The number of hydrogen-bond donors (Lipinski definition) is 2. The summed E-state index contributed by atoms with van der Waals surface area (Å²) in [4.78, 5) is 36.7. The number of carbonyl (C=O) groups excluding carboxylic acids is 3. The summed E-state index contributed by atoms with van der Waals surface area (Å²) in [6.07, 6.45) is 1.47. The first-order valence-corrected chi connectivity index (χ1v) is 12.7. The van der Waals surface area contributed by atoms with Crippen LogP contribution in [-0.2, 0) is 14.3 Å². The third-order valence-electron chi connectivity index (χ3n) is 5.63. The normalized spacial score (nSPS) is 14.6. The SMILES string of the molecule is CC(=O)NCCOC(=O)c1ccc(SN2CCC(NC(=O)C(C)(C)Oc3ccc(F)c(F)c3)CC2)cc1. The maximum absolute atomic E-state index is 13.5. The highest BCUT2D eigenvalue weighted by molar-refractivity contribution is 7.97. The number of rotatable bonds is 10. The summed E-state index contributed by atoms with van der Waals surface area (Å²) in [6, 6.07) is 10.2. The molecule has 1 aliphatic heterocycles. The van der Waals surface area contributed by atoms with Gasteiger partial charge in [0.15, 0.2) is 17.2 Å². The summed E-state index contributed by atoms with van der Waals surface area (Å²) in [5.41, 5.74) is -0.829. The van der Waals surface area contributed by atoms with Gasteiger partial charge in [-0.3, -0.25) is 9.59 Å². The number of hydrogen-bond acceptors (Lipinski definition) is 7. The molecule has 0 aliphatic carbocycles. The van der Waals surface area contributed by atoms with Crippen molar-refractivity contribution in [1.82, 2.24) is 14.9 Å². The topological polar surface area (TPSA) is 97.0 Å². The van der Waals surface area contributed by atoms with Crippen molar-refractivity contribution in [3.63, 3.8) is 0 Å². The van der Waals surface area contributed by atoms with Crippen molar-refractivity contribution < 1.29 is 32.6 Å². The average Bonchev–Trinajstić information content (AvgIpc) is 2.85. The number of piperidine rings is 1. The molecule has 37 heavy (non-hydrogen) atoms. The highest BCUT2D eigenvalue weighted by Gasteiger charge is 2.33. The van der Waals surface area contributed by atoms with Crippen LogP contribution in [-0.4, -0.2) is 60.0 Å². The molecule has 2 aromatic carbocycles. The number of nitrogens with zero attached hydrogens (tertiary/aromatic N) is 1. The van der Waals surface area contributed by atoms with Crippen LogP contribution in [0.3, 0.4) is 0 Å². The molecule has 0 aromatic heterocycles. The van der Waals surface area contributed by atoms with Gasteiger partial charge in [0.05, 0.1) is 12.1 Å². The van der Waals surface area contributed by atoms with Gasteiger partial charge in [-0.25, -0.2) is 17.9 Å². The van der Waals surface area contributed by atoms with Crippen LogP contribution < -0.4 is 15.4 Å². The van der Waals surface area contributed by atoms with Crippen LogP contribution in [0.4, 0.5) is 8.78 Å². The maximum Gasteiger partial charge on any atom is 0.338 e. The van der Waals surface area contributed by atoms with Crippen molar-refractivity contribution in [3.8, 4) is 5.75 Å². The molecule has 1 heterocycles. The van der Waals surface area contributed by atoms with Gasteiger partial charge in [-0.2, -0.15) is 0 Å². The van der Waals surface area contributed by atoms with Gasteiger partial charge in [-0.15, -0.1) is 0 Å². The Balaban J connectivity index is 1.41. The summed E-state index contributed by atoms with van der Waals surface area (Å²) in [6.45, 7) is 6.42.